The summed E-state index contributed by atoms with van der Waals surface area (Å²) in [5.74, 6) is 1.96. The molecule has 1 aliphatic heterocycles. The average molecular weight is 361 g/mol. The van der Waals surface area contributed by atoms with E-state index >= 15 is 0 Å². The van der Waals surface area contributed by atoms with Crippen molar-refractivity contribution >= 4 is 17.8 Å². The molecule has 1 atom stereocenters. The second kappa shape index (κ2) is 7.63. The van der Waals surface area contributed by atoms with Crippen LogP contribution in [-0.4, -0.2) is 28.8 Å². The van der Waals surface area contributed by atoms with Gasteiger partial charge >= 0.3 is 0 Å². The summed E-state index contributed by atoms with van der Waals surface area (Å²) in [5, 5.41) is 0. The maximum absolute atomic E-state index is 12.7. The van der Waals surface area contributed by atoms with Crippen molar-refractivity contribution in [2.75, 3.05) is 18.0 Å². The van der Waals surface area contributed by atoms with Crippen molar-refractivity contribution in [2.24, 2.45) is 11.8 Å². The summed E-state index contributed by atoms with van der Waals surface area (Å²) in [6.07, 6.45) is 7.99. The predicted octanol–water partition coefficient (Wildman–Crippen LogP) is 4.48. The van der Waals surface area contributed by atoms with Crippen molar-refractivity contribution in [2.45, 2.75) is 39.5 Å². The molecule has 0 amide bonds. The number of ketones is 1. The average Bonchev–Trinajstić information content (AvgIpc) is 2.67. The van der Waals surface area contributed by atoms with Crippen molar-refractivity contribution in [1.82, 2.24) is 9.97 Å². The topological polar surface area (TPSA) is 46.1 Å². The number of piperidine rings is 1. The van der Waals surface area contributed by atoms with Crippen LogP contribution in [0.1, 0.15) is 53.5 Å². The molecule has 4 nitrogen and oxygen atoms in total. The van der Waals surface area contributed by atoms with Crippen LogP contribution in [0.3, 0.4) is 0 Å². The van der Waals surface area contributed by atoms with Gasteiger partial charge in [0.2, 0.25) is 5.95 Å². The Labute approximate surface area is 161 Å². The number of benzene rings is 1. The van der Waals surface area contributed by atoms with Gasteiger partial charge in [-0.3, -0.25) is 4.79 Å². The van der Waals surface area contributed by atoms with Gasteiger partial charge in [0.1, 0.15) is 0 Å². The lowest BCUT2D eigenvalue weighted by molar-refractivity contribution is 0.0956. The molecule has 1 saturated heterocycles. The quantitative estimate of drug-likeness (QED) is 0.809. The fraction of sp³-hybridized carbons (Fsp3) is 0.435. The fourth-order valence-corrected chi connectivity index (χ4v) is 4.08. The Morgan fingerprint density at radius 3 is 2.56 bits per heavy atom. The SMILES string of the molecule is Cc1nc(N2CCC(C)CC2)nc2c1C(=O)CC(C=Cc1ccccc1)C2. The molecular weight excluding hydrogens is 334 g/mol. The molecule has 1 aromatic heterocycles. The molecule has 4 heteroatoms. The molecule has 2 aromatic rings. The molecule has 0 spiro atoms. The minimum Gasteiger partial charge on any atom is -0.341 e. The van der Waals surface area contributed by atoms with Gasteiger partial charge in [0.05, 0.1) is 17.0 Å². The zero-order chi connectivity index (χ0) is 18.8. The second-order valence-corrected chi connectivity index (χ2v) is 7.96. The van der Waals surface area contributed by atoms with Crippen LogP contribution in [0.25, 0.3) is 6.08 Å². The molecule has 140 valence electrons. The van der Waals surface area contributed by atoms with E-state index in [1.165, 1.54) is 12.8 Å². The molecule has 0 radical (unpaired) electrons. The summed E-state index contributed by atoms with van der Waals surface area (Å²) in [4.78, 5) is 24.5. The lowest BCUT2D eigenvalue weighted by atomic mass is 9.85. The largest absolute Gasteiger partial charge is 0.341 e. The molecule has 1 aliphatic carbocycles. The molecule has 4 rings (SSSR count). The van der Waals surface area contributed by atoms with E-state index < -0.39 is 0 Å². The molecule has 2 heterocycles. The highest BCUT2D eigenvalue weighted by Gasteiger charge is 2.29. The second-order valence-electron chi connectivity index (χ2n) is 7.96. The number of Topliss-reactive ketones (excluding diaryl/α,β-unsaturated/α-hetero) is 1. The van der Waals surface area contributed by atoms with E-state index in [1.807, 2.05) is 25.1 Å². The van der Waals surface area contributed by atoms with Gasteiger partial charge in [-0.25, -0.2) is 9.97 Å². The third-order valence-electron chi connectivity index (χ3n) is 5.76. The number of aryl methyl sites for hydroxylation is 1. The molecule has 1 aromatic carbocycles. The number of aromatic nitrogens is 2. The standard InChI is InChI=1S/C23H27N3O/c1-16-10-12-26(13-11-16)23-24-17(2)22-20(25-23)14-19(15-21(22)27)9-8-18-6-4-3-5-7-18/h3-9,16,19H,10-15H2,1-2H3. The van der Waals surface area contributed by atoms with Gasteiger partial charge in [0.25, 0.3) is 0 Å². The van der Waals surface area contributed by atoms with Gasteiger partial charge in [-0.05, 0) is 43.6 Å². The number of anilines is 1. The first kappa shape index (κ1) is 17.9. The summed E-state index contributed by atoms with van der Waals surface area (Å²) in [7, 11) is 0. The van der Waals surface area contributed by atoms with Gasteiger partial charge in [0, 0.05) is 19.5 Å². The van der Waals surface area contributed by atoms with Crippen molar-refractivity contribution < 1.29 is 4.79 Å². The van der Waals surface area contributed by atoms with Gasteiger partial charge < -0.3 is 4.90 Å². The highest BCUT2D eigenvalue weighted by Crippen LogP contribution is 2.30. The first-order chi connectivity index (χ1) is 13.1. The van der Waals surface area contributed by atoms with Gasteiger partial charge in [-0.2, -0.15) is 0 Å². The maximum atomic E-state index is 12.7. The summed E-state index contributed by atoms with van der Waals surface area (Å²) >= 11 is 0. The molecule has 1 unspecified atom stereocenters. The van der Waals surface area contributed by atoms with E-state index in [0.717, 1.165) is 53.9 Å². The highest BCUT2D eigenvalue weighted by atomic mass is 16.1. The Kier molecular flexibility index (Phi) is 5.06. The zero-order valence-electron chi connectivity index (χ0n) is 16.2. The lowest BCUT2D eigenvalue weighted by Gasteiger charge is -2.31. The van der Waals surface area contributed by atoms with Gasteiger partial charge in [-0.15, -0.1) is 0 Å². The first-order valence-electron chi connectivity index (χ1n) is 9.99. The minimum atomic E-state index is 0.176. The number of fused-ring (bicyclic) bond motifs is 1. The Bertz CT molecular complexity index is 851. The molecule has 1 fully saturated rings. The van der Waals surface area contributed by atoms with E-state index in [-0.39, 0.29) is 11.7 Å². The van der Waals surface area contributed by atoms with Crippen LogP contribution in [0, 0.1) is 18.8 Å². The van der Waals surface area contributed by atoms with Crippen LogP contribution < -0.4 is 4.90 Å². The number of carbonyl (C=O) groups is 1. The normalized spacial score (nSPS) is 20.9. The van der Waals surface area contributed by atoms with Crippen molar-refractivity contribution in [1.29, 1.82) is 0 Å². The maximum Gasteiger partial charge on any atom is 0.225 e. The summed E-state index contributed by atoms with van der Waals surface area (Å²) in [5.41, 5.74) is 3.69. The smallest absolute Gasteiger partial charge is 0.225 e. The van der Waals surface area contributed by atoms with E-state index in [9.17, 15) is 4.79 Å². The minimum absolute atomic E-state index is 0.176. The summed E-state index contributed by atoms with van der Waals surface area (Å²) in [6, 6.07) is 10.2. The van der Waals surface area contributed by atoms with E-state index in [0.29, 0.717) is 6.42 Å². The van der Waals surface area contributed by atoms with Crippen LogP contribution in [0.4, 0.5) is 5.95 Å². The highest BCUT2D eigenvalue weighted by molar-refractivity contribution is 5.99. The first-order valence-corrected chi connectivity index (χ1v) is 9.99. The Morgan fingerprint density at radius 2 is 1.81 bits per heavy atom. The number of allylic oxidation sites excluding steroid dienone is 1. The Balaban J connectivity index is 1.57. The van der Waals surface area contributed by atoms with E-state index in [4.69, 9.17) is 4.98 Å². The van der Waals surface area contributed by atoms with Crippen LogP contribution in [0.2, 0.25) is 0 Å². The molecule has 27 heavy (non-hydrogen) atoms. The van der Waals surface area contributed by atoms with E-state index in [1.54, 1.807) is 0 Å². The Morgan fingerprint density at radius 1 is 1.07 bits per heavy atom. The van der Waals surface area contributed by atoms with Gasteiger partial charge in [-0.1, -0.05) is 49.4 Å². The number of nitrogens with zero attached hydrogens (tertiary/aromatic N) is 3. The predicted molar refractivity (Wildman–Crippen MR) is 109 cm³/mol. The fourth-order valence-electron chi connectivity index (χ4n) is 4.08. The van der Waals surface area contributed by atoms with Crippen LogP contribution in [0.5, 0.6) is 0 Å². The number of rotatable bonds is 3. The zero-order valence-corrected chi connectivity index (χ0v) is 16.2. The Hall–Kier alpha value is -2.49. The van der Waals surface area contributed by atoms with Gasteiger partial charge in [0.15, 0.2) is 5.78 Å². The monoisotopic (exact) mass is 361 g/mol. The third kappa shape index (κ3) is 3.95. The number of hydrogen-bond donors (Lipinski definition) is 0. The van der Waals surface area contributed by atoms with Crippen molar-refractivity contribution in [3.63, 3.8) is 0 Å². The molecule has 0 saturated carbocycles. The van der Waals surface area contributed by atoms with Crippen molar-refractivity contribution in [3.8, 4) is 0 Å². The molecule has 2 aliphatic rings. The summed E-state index contributed by atoms with van der Waals surface area (Å²) < 4.78 is 0. The summed E-state index contributed by atoms with van der Waals surface area (Å²) in [6.45, 7) is 6.27. The molecular formula is C23H27N3O. The van der Waals surface area contributed by atoms with Crippen LogP contribution >= 0.6 is 0 Å². The molecule has 0 N–H and O–H groups in total. The van der Waals surface area contributed by atoms with Crippen molar-refractivity contribution in [3.05, 3.63) is 58.9 Å². The number of carbonyl (C=O) groups excluding carboxylic acids is 1. The number of hydrogen-bond acceptors (Lipinski definition) is 4. The van der Waals surface area contributed by atoms with Crippen LogP contribution in [0.15, 0.2) is 36.4 Å². The molecule has 0 bridgehead atoms. The van der Waals surface area contributed by atoms with E-state index in [2.05, 4.69) is 41.1 Å². The lowest BCUT2D eigenvalue weighted by Crippen LogP contribution is -2.35. The third-order valence-corrected chi connectivity index (χ3v) is 5.76. The van der Waals surface area contributed by atoms with Crippen LogP contribution in [-0.2, 0) is 6.42 Å².